The molecule has 0 N–H and O–H groups in total. The first-order chi connectivity index (χ1) is 10.6. The Kier molecular flexibility index (Phi) is 5.79. The summed E-state index contributed by atoms with van der Waals surface area (Å²) in [5.74, 6) is 0.893. The molecule has 0 unspecified atom stereocenters. The second kappa shape index (κ2) is 7.81. The molecule has 2 aromatic carbocycles. The van der Waals surface area contributed by atoms with E-state index in [2.05, 4.69) is 79.5 Å². The van der Waals surface area contributed by atoms with Crippen LogP contribution < -0.4 is 4.74 Å². The van der Waals surface area contributed by atoms with Crippen molar-refractivity contribution in [3.8, 4) is 5.75 Å². The number of hydrogen-bond donors (Lipinski definition) is 0. The molecule has 114 valence electrons. The van der Waals surface area contributed by atoms with Gasteiger partial charge in [0.15, 0.2) is 0 Å². The van der Waals surface area contributed by atoms with Crippen molar-refractivity contribution in [2.24, 2.45) is 0 Å². The van der Waals surface area contributed by atoms with Crippen LogP contribution in [0.2, 0.25) is 13.1 Å². The average Bonchev–Trinajstić information content (AvgIpc) is 2.53. The Balaban J connectivity index is 1.93. The van der Waals surface area contributed by atoms with E-state index in [9.17, 15) is 0 Å². The van der Waals surface area contributed by atoms with Gasteiger partial charge in [0.25, 0.3) is 0 Å². The summed E-state index contributed by atoms with van der Waals surface area (Å²) in [5, 5.41) is 0. The Morgan fingerprint density at radius 1 is 0.909 bits per heavy atom. The third-order valence-corrected chi connectivity index (χ3v) is 5.98. The number of methoxy groups -OCH3 is 1. The molecule has 2 rings (SSSR count). The van der Waals surface area contributed by atoms with Gasteiger partial charge in [0.2, 0.25) is 0 Å². The molecule has 1 nitrogen and oxygen atoms in total. The van der Waals surface area contributed by atoms with Crippen LogP contribution in [0.25, 0.3) is 6.08 Å². The Morgan fingerprint density at radius 3 is 2.23 bits per heavy atom. The summed E-state index contributed by atoms with van der Waals surface area (Å²) in [5.41, 5.74) is 5.02. The number of hydrogen-bond acceptors (Lipinski definition) is 1. The second-order valence-corrected chi connectivity index (χ2v) is 10.8. The lowest BCUT2D eigenvalue weighted by Gasteiger charge is -2.17. The molecule has 0 atom stereocenters. The van der Waals surface area contributed by atoms with E-state index in [1.807, 2.05) is 12.1 Å². The van der Waals surface area contributed by atoms with Gasteiger partial charge in [-0.25, -0.2) is 0 Å². The topological polar surface area (TPSA) is 9.23 Å². The van der Waals surface area contributed by atoms with Gasteiger partial charge in [0.1, 0.15) is 5.75 Å². The lowest BCUT2D eigenvalue weighted by Crippen LogP contribution is -2.26. The van der Waals surface area contributed by atoms with Gasteiger partial charge < -0.3 is 4.74 Å². The van der Waals surface area contributed by atoms with Crippen LogP contribution in [-0.4, -0.2) is 15.2 Å². The van der Waals surface area contributed by atoms with E-state index in [1.54, 1.807) is 7.11 Å². The molecule has 22 heavy (non-hydrogen) atoms. The van der Waals surface area contributed by atoms with Crippen molar-refractivity contribution in [2.75, 3.05) is 7.11 Å². The zero-order chi connectivity index (χ0) is 15.8. The molecular weight excluding hydrogens is 284 g/mol. The van der Waals surface area contributed by atoms with Gasteiger partial charge in [-0.1, -0.05) is 85.0 Å². The lowest BCUT2D eigenvalue weighted by molar-refractivity contribution is 0.415. The number of rotatable bonds is 6. The van der Waals surface area contributed by atoms with Crippen LogP contribution >= 0.6 is 0 Å². The molecule has 0 aliphatic heterocycles. The highest BCUT2D eigenvalue weighted by Crippen LogP contribution is 2.14. The molecule has 0 bridgehead atoms. The minimum absolute atomic E-state index is 0.893. The van der Waals surface area contributed by atoms with Gasteiger partial charge in [0.05, 0.1) is 15.2 Å². The predicted octanol–water partition coefficient (Wildman–Crippen LogP) is 5.29. The third kappa shape index (κ3) is 5.38. The van der Waals surface area contributed by atoms with Gasteiger partial charge in [-0.15, -0.1) is 0 Å². The highest BCUT2D eigenvalue weighted by molar-refractivity contribution is 6.81. The van der Waals surface area contributed by atoms with Crippen LogP contribution in [0.15, 0.2) is 72.4 Å². The zero-order valence-electron chi connectivity index (χ0n) is 13.6. The van der Waals surface area contributed by atoms with Crippen molar-refractivity contribution in [1.82, 2.24) is 0 Å². The van der Waals surface area contributed by atoms with Gasteiger partial charge in [-0.2, -0.15) is 0 Å². The SMILES string of the molecule is COc1ccc(/C=C/C=C/[Si](C)(C)Cc2ccccc2)cc1. The molecule has 0 fully saturated rings. The third-order valence-electron chi connectivity index (χ3n) is 3.57. The standard InChI is InChI=1S/C20H24OSi/c1-21-20-14-12-18(13-15-20)9-7-8-16-22(2,3)17-19-10-5-4-6-11-19/h4-16H,17H2,1-3H3/b9-7+,16-8+. The quantitative estimate of drug-likeness (QED) is 0.520. The number of benzene rings is 2. The lowest BCUT2D eigenvalue weighted by atomic mass is 10.2. The van der Waals surface area contributed by atoms with E-state index in [0.717, 1.165) is 5.75 Å². The Bertz CT molecular complexity index is 625. The van der Waals surface area contributed by atoms with E-state index >= 15 is 0 Å². The van der Waals surface area contributed by atoms with Gasteiger partial charge in [0, 0.05) is 0 Å². The van der Waals surface area contributed by atoms with Crippen LogP contribution in [0.4, 0.5) is 0 Å². The average molecular weight is 308 g/mol. The van der Waals surface area contributed by atoms with E-state index in [1.165, 1.54) is 17.2 Å². The van der Waals surface area contributed by atoms with Crippen molar-refractivity contribution in [1.29, 1.82) is 0 Å². The van der Waals surface area contributed by atoms with Crippen LogP contribution in [0.1, 0.15) is 11.1 Å². The molecule has 0 amide bonds. The monoisotopic (exact) mass is 308 g/mol. The molecule has 0 heterocycles. The van der Waals surface area contributed by atoms with E-state index in [-0.39, 0.29) is 0 Å². The molecule has 0 aliphatic rings. The number of allylic oxidation sites excluding steroid dienone is 2. The number of ether oxygens (including phenoxy) is 1. The van der Waals surface area contributed by atoms with E-state index in [4.69, 9.17) is 4.74 Å². The maximum Gasteiger partial charge on any atom is 0.118 e. The van der Waals surface area contributed by atoms with Crippen molar-refractivity contribution < 1.29 is 4.74 Å². The van der Waals surface area contributed by atoms with E-state index in [0.29, 0.717) is 0 Å². The molecular formula is C20H24OSi. The summed E-state index contributed by atoms with van der Waals surface area (Å²) in [7, 11) is 0.339. The summed E-state index contributed by atoms with van der Waals surface area (Å²) >= 11 is 0. The summed E-state index contributed by atoms with van der Waals surface area (Å²) in [6.07, 6.45) is 6.45. The van der Waals surface area contributed by atoms with Crippen molar-refractivity contribution in [3.05, 3.63) is 83.6 Å². The minimum atomic E-state index is -1.35. The maximum absolute atomic E-state index is 5.16. The van der Waals surface area contributed by atoms with Gasteiger partial charge >= 0.3 is 0 Å². The van der Waals surface area contributed by atoms with E-state index < -0.39 is 8.07 Å². The smallest absolute Gasteiger partial charge is 0.118 e. The molecule has 0 radical (unpaired) electrons. The summed E-state index contributed by atoms with van der Waals surface area (Å²) in [6, 6.07) is 20.0. The van der Waals surface area contributed by atoms with Crippen molar-refractivity contribution in [3.63, 3.8) is 0 Å². The maximum atomic E-state index is 5.16. The summed E-state index contributed by atoms with van der Waals surface area (Å²) in [4.78, 5) is 0. The first-order valence-electron chi connectivity index (χ1n) is 7.63. The van der Waals surface area contributed by atoms with Gasteiger partial charge in [-0.05, 0) is 23.7 Å². The minimum Gasteiger partial charge on any atom is -0.497 e. The first-order valence-corrected chi connectivity index (χ1v) is 10.9. The first kappa shape index (κ1) is 16.3. The van der Waals surface area contributed by atoms with Crippen LogP contribution in [0.3, 0.4) is 0 Å². The molecule has 0 aromatic heterocycles. The fraction of sp³-hybridized carbons (Fsp3) is 0.200. The normalized spacial score (nSPS) is 12.1. The Hall–Kier alpha value is -2.06. The molecule has 2 aromatic rings. The van der Waals surface area contributed by atoms with Crippen molar-refractivity contribution >= 4 is 14.1 Å². The highest BCUT2D eigenvalue weighted by atomic mass is 28.3. The fourth-order valence-electron chi connectivity index (χ4n) is 2.38. The van der Waals surface area contributed by atoms with Crippen LogP contribution in [0, 0.1) is 0 Å². The summed E-state index contributed by atoms with van der Waals surface area (Å²) < 4.78 is 5.16. The van der Waals surface area contributed by atoms with Crippen molar-refractivity contribution in [2.45, 2.75) is 19.1 Å². The predicted molar refractivity (Wildman–Crippen MR) is 98.8 cm³/mol. The molecule has 0 saturated carbocycles. The highest BCUT2D eigenvalue weighted by Gasteiger charge is 2.16. The largest absolute Gasteiger partial charge is 0.497 e. The van der Waals surface area contributed by atoms with Crippen LogP contribution in [0.5, 0.6) is 5.75 Å². The molecule has 2 heteroatoms. The second-order valence-electron chi connectivity index (χ2n) is 6.14. The van der Waals surface area contributed by atoms with Gasteiger partial charge in [-0.3, -0.25) is 0 Å². The molecule has 0 spiro atoms. The zero-order valence-corrected chi connectivity index (χ0v) is 14.6. The van der Waals surface area contributed by atoms with Crippen LogP contribution in [-0.2, 0) is 6.04 Å². The Labute approximate surface area is 135 Å². The molecule has 0 saturated heterocycles. The molecule has 0 aliphatic carbocycles. The fourth-order valence-corrected chi connectivity index (χ4v) is 4.42. The Morgan fingerprint density at radius 2 is 1.59 bits per heavy atom. The summed E-state index contributed by atoms with van der Waals surface area (Å²) in [6.45, 7) is 4.80.